The van der Waals surface area contributed by atoms with Crippen LogP contribution in [0.3, 0.4) is 0 Å². The van der Waals surface area contributed by atoms with Crippen molar-refractivity contribution in [3.63, 3.8) is 0 Å². The number of aromatic nitrogens is 3. The molecule has 0 unspecified atom stereocenters. The highest BCUT2D eigenvalue weighted by molar-refractivity contribution is 7.99. The van der Waals surface area contributed by atoms with Crippen LogP contribution in [0.25, 0.3) is 11.0 Å². The number of carbonyl (C=O) groups is 1. The first kappa shape index (κ1) is 20.5. The molecule has 0 bridgehead atoms. The maximum atomic E-state index is 13.4. The van der Waals surface area contributed by atoms with Crippen molar-refractivity contribution in [2.75, 3.05) is 29.9 Å². The predicted octanol–water partition coefficient (Wildman–Crippen LogP) is 4.26. The summed E-state index contributed by atoms with van der Waals surface area (Å²) in [6.45, 7) is 7.28. The zero-order valence-corrected chi connectivity index (χ0v) is 19.3. The molecule has 0 atom stereocenters. The van der Waals surface area contributed by atoms with Gasteiger partial charge in [0, 0.05) is 55.5 Å². The van der Waals surface area contributed by atoms with Gasteiger partial charge in [-0.1, -0.05) is 12.1 Å². The molecule has 1 aromatic carbocycles. The van der Waals surface area contributed by atoms with E-state index in [1.54, 1.807) is 4.68 Å². The summed E-state index contributed by atoms with van der Waals surface area (Å²) in [6.07, 6.45) is 2.29. The number of benzene rings is 1. The lowest BCUT2D eigenvalue weighted by Crippen LogP contribution is -2.31. The highest BCUT2D eigenvalue weighted by Gasteiger charge is 2.28. The number of thioether (sulfide) groups is 1. The van der Waals surface area contributed by atoms with E-state index >= 15 is 0 Å². The molecule has 162 valence electrons. The van der Waals surface area contributed by atoms with E-state index in [9.17, 15) is 4.79 Å². The lowest BCUT2D eigenvalue weighted by atomic mass is 10.1. The maximum Gasteiger partial charge on any atom is 0.256 e. The van der Waals surface area contributed by atoms with Crippen LogP contribution in [0, 0.1) is 13.8 Å². The standard InChI is InChI=1S/C24H29N5OS/c1-15-12-17(14-29-8-10-31-11-9-29)4-7-20(15)26-24(30)19-13-21(18-5-6-18)25-23-22(19)16(2)27-28(23)3/h4,7,12-13,18H,5-6,8-11,14H2,1-3H3,(H,26,30). The molecule has 1 N–H and O–H groups in total. The molecule has 31 heavy (non-hydrogen) atoms. The average Bonchev–Trinajstić information content (AvgIpc) is 3.56. The first-order valence-electron chi connectivity index (χ1n) is 11.0. The van der Waals surface area contributed by atoms with Gasteiger partial charge < -0.3 is 5.32 Å². The molecule has 3 heterocycles. The summed E-state index contributed by atoms with van der Waals surface area (Å²) in [7, 11) is 1.89. The fourth-order valence-corrected chi connectivity index (χ4v) is 5.38. The normalized spacial score (nSPS) is 17.3. The van der Waals surface area contributed by atoms with Crippen LogP contribution in [-0.4, -0.2) is 50.2 Å². The van der Waals surface area contributed by atoms with Crippen molar-refractivity contribution in [1.82, 2.24) is 19.7 Å². The average molecular weight is 436 g/mol. The monoisotopic (exact) mass is 435 g/mol. The molecule has 2 aromatic heterocycles. The van der Waals surface area contributed by atoms with Gasteiger partial charge in [0.2, 0.25) is 0 Å². The Morgan fingerprint density at radius 3 is 2.68 bits per heavy atom. The lowest BCUT2D eigenvalue weighted by molar-refractivity contribution is 0.102. The van der Waals surface area contributed by atoms with Gasteiger partial charge in [-0.2, -0.15) is 16.9 Å². The molecule has 1 aliphatic carbocycles. The summed E-state index contributed by atoms with van der Waals surface area (Å²) >= 11 is 2.03. The fraction of sp³-hybridized carbons (Fsp3) is 0.458. The van der Waals surface area contributed by atoms with Crippen LogP contribution in [0.15, 0.2) is 24.3 Å². The third-order valence-electron chi connectivity index (χ3n) is 6.28. The van der Waals surface area contributed by atoms with Crippen molar-refractivity contribution < 1.29 is 4.79 Å². The zero-order chi connectivity index (χ0) is 21.5. The van der Waals surface area contributed by atoms with Crippen molar-refractivity contribution in [3.05, 3.63) is 52.3 Å². The fourth-order valence-electron chi connectivity index (χ4n) is 4.40. The molecule has 6 nitrogen and oxygen atoms in total. The van der Waals surface area contributed by atoms with Crippen LogP contribution >= 0.6 is 11.8 Å². The molecule has 0 radical (unpaired) electrons. The van der Waals surface area contributed by atoms with Crippen molar-refractivity contribution >= 4 is 34.4 Å². The van der Waals surface area contributed by atoms with Crippen LogP contribution in [0.5, 0.6) is 0 Å². The highest BCUT2D eigenvalue weighted by Crippen LogP contribution is 2.40. The van der Waals surface area contributed by atoms with E-state index in [0.29, 0.717) is 11.5 Å². The molecule has 1 saturated carbocycles. The van der Waals surface area contributed by atoms with E-state index in [-0.39, 0.29) is 5.91 Å². The number of fused-ring (bicyclic) bond motifs is 1. The van der Waals surface area contributed by atoms with Crippen molar-refractivity contribution in [2.24, 2.45) is 7.05 Å². The molecule has 5 rings (SSSR count). The minimum Gasteiger partial charge on any atom is -0.322 e. The third-order valence-corrected chi connectivity index (χ3v) is 7.22. The van der Waals surface area contributed by atoms with Crippen LogP contribution in [0.4, 0.5) is 5.69 Å². The Bertz CT molecular complexity index is 1140. The molecule has 0 spiro atoms. The summed E-state index contributed by atoms with van der Waals surface area (Å²) in [6, 6.07) is 8.35. The topological polar surface area (TPSA) is 63.1 Å². The minimum atomic E-state index is -0.0886. The second kappa shape index (κ2) is 8.28. The number of anilines is 1. The summed E-state index contributed by atoms with van der Waals surface area (Å²) in [5.74, 6) is 2.81. The number of carbonyl (C=O) groups excluding carboxylic acids is 1. The summed E-state index contributed by atoms with van der Waals surface area (Å²) < 4.78 is 1.78. The molecule has 1 aliphatic heterocycles. The summed E-state index contributed by atoms with van der Waals surface area (Å²) in [5.41, 5.74) is 6.56. The molecule has 3 aromatic rings. The Balaban J connectivity index is 1.40. The molecular weight excluding hydrogens is 406 g/mol. The number of nitrogens with zero attached hydrogens (tertiary/aromatic N) is 4. The van der Waals surface area contributed by atoms with Gasteiger partial charge in [-0.3, -0.25) is 14.4 Å². The molecule has 1 saturated heterocycles. The summed E-state index contributed by atoms with van der Waals surface area (Å²) in [5, 5.41) is 8.51. The van der Waals surface area contributed by atoms with Crippen molar-refractivity contribution in [1.29, 1.82) is 0 Å². The van der Waals surface area contributed by atoms with Gasteiger partial charge in [-0.05, 0) is 49.9 Å². The van der Waals surface area contributed by atoms with Gasteiger partial charge in [0.05, 0.1) is 16.6 Å². The van der Waals surface area contributed by atoms with E-state index in [1.807, 2.05) is 37.9 Å². The van der Waals surface area contributed by atoms with Gasteiger partial charge in [-0.15, -0.1) is 0 Å². The Morgan fingerprint density at radius 2 is 1.97 bits per heavy atom. The van der Waals surface area contributed by atoms with Crippen LogP contribution in [-0.2, 0) is 13.6 Å². The Morgan fingerprint density at radius 1 is 1.19 bits per heavy atom. The molecule has 7 heteroatoms. The Kier molecular flexibility index (Phi) is 5.48. The van der Waals surface area contributed by atoms with E-state index in [4.69, 9.17) is 4.98 Å². The number of hydrogen-bond acceptors (Lipinski definition) is 5. The van der Waals surface area contributed by atoms with E-state index in [2.05, 4.69) is 34.4 Å². The Hall–Kier alpha value is -2.38. The smallest absolute Gasteiger partial charge is 0.256 e. The van der Waals surface area contributed by atoms with Gasteiger partial charge >= 0.3 is 0 Å². The second-order valence-electron chi connectivity index (χ2n) is 8.77. The van der Waals surface area contributed by atoms with Crippen LogP contribution in [0.1, 0.15) is 51.6 Å². The van der Waals surface area contributed by atoms with E-state index in [0.717, 1.165) is 66.1 Å². The number of pyridine rings is 1. The zero-order valence-electron chi connectivity index (χ0n) is 18.4. The van der Waals surface area contributed by atoms with Gasteiger partial charge in [0.1, 0.15) is 0 Å². The lowest BCUT2D eigenvalue weighted by Gasteiger charge is -2.26. The SMILES string of the molecule is Cc1cc(CN2CCSCC2)ccc1NC(=O)c1cc(C2CC2)nc2c1c(C)nn2C. The summed E-state index contributed by atoms with van der Waals surface area (Å²) in [4.78, 5) is 20.7. The van der Waals surface area contributed by atoms with Gasteiger partial charge in [-0.25, -0.2) is 4.98 Å². The van der Waals surface area contributed by atoms with E-state index in [1.165, 1.54) is 17.1 Å². The predicted molar refractivity (Wildman–Crippen MR) is 127 cm³/mol. The molecule has 2 aliphatic rings. The second-order valence-corrected chi connectivity index (χ2v) is 9.99. The van der Waals surface area contributed by atoms with Crippen LogP contribution < -0.4 is 5.32 Å². The number of aryl methyl sites for hydroxylation is 3. The maximum absolute atomic E-state index is 13.4. The third kappa shape index (κ3) is 4.21. The highest BCUT2D eigenvalue weighted by atomic mass is 32.2. The minimum absolute atomic E-state index is 0.0886. The van der Waals surface area contributed by atoms with Gasteiger partial charge in [0.25, 0.3) is 5.91 Å². The molecule has 2 fully saturated rings. The largest absolute Gasteiger partial charge is 0.322 e. The van der Waals surface area contributed by atoms with Crippen molar-refractivity contribution in [3.8, 4) is 0 Å². The molecular formula is C24H29N5OS. The van der Waals surface area contributed by atoms with Crippen molar-refractivity contribution in [2.45, 2.75) is 39.2 Å². The van der Waals surface area contributed by atoms with Gasteiger partial charge in [0.15, 0.2) is 5.65 Å². The first-order valence-corrected chi connectivity index (χ1v) is 12.2. The number of hydrogen-bond donors (Lipinski definition) is 1. The number of rotatable bonds is 5. The number of amides is 1. The quantitative estimate of drug-likeness (QED) is 0.649. The number of nitrogens with one attached hydrogen (secondary N) is 1. The van der Waals surface area contributed by atoms with Crippen LogP contribution in [0.2, 0.25) is 0 Å². The van der Waals surface area contributed by atoms with E-state index < -0.39 is 0 Å². The Labute approximate surface area is 187 Å². The molecule has 1 amide bonds. The first-order chi connectivity index (χ1) is 15.0.